The van der Waals surface area contributed by atoms with Crippen molar-refractivity contribution < 1.29 is 22.8 Å². The molecule has 9 nitrogen and oxygen atoms in total. The van der Waals surface area contributed by atoms with Crippen molar-refractivity contribution in [2.24, 2.45) is 5.73 Å². The Labute approximate surface area is 168 Å². The molecule has 0 fully saturated rings. The molecule has 158 valence electrons. The third-order valence-electron chi connectivity index (χ3n) is 4.05. The van der Waals surface area contributed by atoms with Gasteiger partial charge in [-0.25, -0.2) is 9.78 Å². The van der Waals surface area contributed by atoms with Crippen molar-refractivity contribution >= 4 is 23.4 Å². The van der Waals surface area contributed by atoms with Crippen LogP contribution in [0.1, 0.15) is 22.6 Å². The minimum atomic E-state index is -4.46. The van der Waals surface area contributed by atoms with Crippen molar-refractivity contribution in [1.29, 1.82) is 0 Å². The SMILES string of the molecule is NC(=O)c1nc(NC(=O)Nc2ccc(C(F)(F)F)cc2)cn1CCCn1cccn1. The topological polar surface area (TPSA) is 120 Å². The molecule has 3 amide bonds. The van der Waals surface area contributed by atoms with Crippen LogP contribution in [0.25, 0.3) is 0 Å². The number of nitrogens with zero attached hydrogens (tertiary/aromatic N) is 4. The number of aryl methyl sites for hydroxylation is 2. The largest absolute Gasteiger partial charge is 0.416 e. The van der Waals surface area contributed by atoms with E-state index in [1.54, 1.807) is 16.9 Å². The molecule has 1 aromatic carbocycles. The van der Waals surface area contributed by atoms with Gasteiger partial charge in [-0.05, 0) is 36.8 Å². The number of anilines is 2. The number of hydrogen-bond acceptors (Lipinski definition) is 4. The molecule has 0 atom stereocenters. The Morgan fingerprint density at radius 3 is 2.43 bits per heavy atom. The van der Waals surface area contributed by atoms with E-state index in [1.165, 1.54) is 10.8 Å². The first-order valence-corrected chi connectivity index (χ1v) is 8.82. The fourth-order valence-electron chi connectivity index (χ4n) is 2.70. The number of carbonyl (C=O) groups is 2. The van der Waals surface area contributed by atoms with Crippen molar-refractivity contribution in [3.63, 3.8) is 0 Å². The van der Waals surface area contributed by atoms with Gasteiger partial charge in [0.05, 0.1) is 5.56 Å². The van der Waals surface area contributed by atoms with Crippen LogP contribution in [0.4, 0.5) is 29.5 Å². The first-order valence-electron chi connectivity index (χ1n) is 8.82. The summed E-state index contributed by atoms with van der Waals surface area (Å²) in [7, 11) is 0. The molecule has 0 unspecified atom stereocenters. The van der Waals surface area contributed by atoms with Gasteiger partial charge in [0.15, 0.2) is 5.82 Å². The number of primary amides is 1. The fraction of sp³-hybridized carbons (Fsp3) is 0.222. The molecule has 0 spiro atoms. The van der Waals surface area contributed by atoms with Gasteiger partial charge in [0, 0.05) is 37.4 Å². The highest BCUT2D eigenvalue weighted by Gasteiger charge is 2.30. The third kappa shape index (κ3) is 5.37. The van der Waals surface area contributed by atoms with Crippen LogP contribution < -0.4 is 16.4 Å². The Morgan fingerprint density at radius 1 is 1.10 bits per heavy atom. The molecule has 2 heterocycles. The second-order valence-corrected chi connectivity index (χ2v) is 6.28. The number of rotatable bonds is 7. The molecule has 0 radical (unpaired) electrons. The summed E-state index contributed by atoms with van der Waals surface area (Å²) in [6.07, 6.45) is 1.09. The smallest absolute Gasteiger partial charge is 0.363 e. The first-order chi connectivity index (χ1) is 14.2. The van der Waals surface area contributed by atoms with E-state index in [9.17, 15) is 22.8 Å². The van der Waals surface area contributed by atoms with Gasteiger partial charge in [-0.3, -0.25) is 14.8 Å². The molecule has 0 saturated carbocycles. The second-order valence-electron chi connectivity index (χ2n) is 6.28. The summed E-state index contributed by atoms with van der Waals surface area (Å²) in [4.78, 5) is 27.7. The maximum atomic E-state index is 12.6. The zero-order valence-corrected chi connectivity index (χ0v) is 15.6. The Hall–Kier alpha value is -3.83. The van der Waals surface area contributed by atoms with Crippen LogP contribution in [-0.2, 0) is 19.3 Å². The molecule has 30 heavy (non-hydrogen) atoms. The predicted molar refractivity (Wildman–Crippen MR) is 102 cm³/mol. The number of nitrogens with two attached hydrogens (primary N) is 1. The Morgan fingerprint density at radius 2 is 1.83 bits per heavy atom. The molecular formula is C18H18F3N7O2. The lowest BCUT2D eigenvalue weighted by molar-refractivity contribution is -0.137. The summed E-state index contributed by atoms with van der Waals surface area (Å²) in [5.74, 6) is -0.710. The number of hydrogen-bond donors (Lipinski definition) is 3. The monoisotopic (exact) mass is 421 g/mol. The fourth-order valence-corrected chi connectivity index (χ4v) is 2.70. The van der Waals surface area contributed by atoms with Crippen LogP contribution in [0, 0.1) is 0 Å². The third-order valence-corrected chi connectivity index (χ3v) is 4.05. The van der Waals surface area contributed by atoms with Crippen LogP contribution in [0.2, 0.25) is 0 Å². The second kappa shape index (κ2) is 8.68. The van der Waals surface area contributed by atoms with Gasteiger partial charge in [0.1, 0.15) is 0 Å². The van der Waals surface area contributed by atoms with Crippen molar-refractivity contribution in [1.82, 2.24) is 19.3 Å². The van der Waals surface area contributed by atoms with Gasteiger partial charge in [-0.15, -0.1) is 0 Å². The number of alkyl halides is 3. The highest BCUT2D eigenvalue weighted by Crippen LogP contribution is 2.29. The number of nitrogens with one attached hydrogen (secondary N) is 2. The lowest BCUT2D eigenvalue weighted by Crippen LogP contribution is -2.20. The van der Waals surface area contributed by atoms with Gasteiger partial charge in [0.25, 0.3) is 5.91 Å². The highest BCUT2D eigenvalue weighted by molar-refractivity contribution is 5.99. The summed E-state index contributed by atoms with van der Waals surface area (Å²) < 4.78 is 41.0. The number of benzene rings is 1. The zero-order valence-electron chi connectivity index (χ0n) is 15.6. The average Bonchev–Trinajstić information content (AvgIpc) is 3.31. The lowest BCUT2D eigenvalue weighted by atomic mass is 10.2. The Balaban J connectivity index is 1.61. The lowest BCUT2D eigenvalue weighted by Gasteiger charge is -2.09. The molecule has 12 heteroatoms. The zero-order chi connectivity index (χ0) is 21.7. The van der Waals surface area contributed by atoms with E-state index in [2.05, 4.69) is 20.7 Å². The molecular weight excluding hydrogens is 403 g/mol. The van der Waals surface area contributed by atoms with E-state index < -0.39 is 23.7 Å². The molecule has 3 rings (SSSR count). The van der Waals surface area contributed by atoms with Crippen LogP contribution in [0.15, 0.2) is 48.9 Å². The molecule has 0 bridgehead atoms. The molecule has 4 N–H and O–H groups in total. The number of aromatic nitrogens is 4. The van der Waals surface area contributed by atoms with Crippen LogP contribution >= 0.6 is 0 Å². The molecule has 2 aromatic heterocycles. The molecule has 0 saturated heterocycles. The predicted octanol–water partition coefficient (Wildman–Crippen LogP) is 2.93. The summed E-state index contributed by atoms with van der Waals surface area (Å²) in [5, 5.41) is 8.90. The molecule has 0 aliphatic rings. The van der Waals surface area contributed by atoms with E-state index in [-0.39, 0.29) is 17.3 Å². The van der Waals surface area contributed by atoms with Crippen LogP contribution in [0.3, 0.4) is 0 Å². The van der Waals surface area contributed by atoms with Gasteiger partial charge in [0.2, 0.25) is 5.82 Å². The quantitative estimate of drug-likeness (QED) is 0.543. The molecule has 0 aliphatic carbocycles. The van der Waals surface area contributed by atoms with Crippen LogP contribution in [0.5, 0.6) is 0 Å². The van der Waals surface area contributed by atoms with E-state index in [0.29, 0.717) is 19.5 Å². The van der Waals surface area contributed by atoms with Crippen molar-refractivity contribution in [3.8, 4) is 0 Å². The van der Waals surface area contributed by atoms with Gasteiger partial charge >= 0.3 is 12.2 Å². The highest BCUT2D eigenvalue weighted by atomic mass is 19.4. The minimum Gasteiger partial charge on any atom is -0.363 e. The van der Waals surface area contributed by atoms with Crippen LogP contribution in [-0.4, -0.2) is 31.3 Å². The van der Waals surface area contributed by atoms with Crippen molar-refractivity contribution in [2.45, 2.75) is 25.7 Å². The van der Waals surface area contributed by atoms with Crippen molar-refractivity contribution in [3.05, 3.63) is 60.3 Å². The minimum absolute atomic E-state index is 0.0275. The summed E-state index contributed by atoms with van der Waals surface area (Å²) >= 11 is 0. The van der Waals surface area contributed by atoms with Gasteiger partial charge in [-0.1, -0.05) is 0 Å². The van der Waals surface area contributed by atoms with Gasteiger partial charge < -0.3 is 15.6 Å². The number of halogens is 3. The maximum Gasteiger partial charge on any atom is 0.416 e. The molecule has 0 aliphatic heterocycles. The Bertz CT molecular complexity index is 1010. The van der Waals surface area contributed by atoms with E-state index >= 15 is 0 Å². The van der Waals surface area contributed by atoms with E-state index in [0.717, 1.165) is 24.3 Å². The number of urea groups is 1. The summed E-state index contributed by atoms with van der Waals surface area (Å²) in [5.41, 5.74) is 4.67. The number of amides is 3. The van der Waals surface area contributed by atoms with Crippen molar-refractivity contribution in [2.75, 3.05) is 10.6 Å². The van der Waals surface area contributed by atoms with E-state index in [1.807, 2.05) is 6.20 Å². The van der Waals surface area contributed by atoms with E-state index in [4.69, 9.17) is 5.73 Å². The summed E-state index contributed by atoms with van der Waals surface area (Å²) in [6, 6.07) is 5.04. The maximum absolute atomic E-state index is 12.6. The first kappa shape index (κ1) is 20.9. The molecule has 3 aromatic rings. The average molecular weight is 421 g/mol. The number of carbonyl (C=O) groups excluding carboxylic acids is 2. The number of imidazole rings is 1. The normalized spacial score (nSPS) is 11.3. The summed E-state index contributed by atoms with van der Waals surface area (Å²) in [6.45, 7) is 1.02. The Kier molecular flexibility index (Phi) is 6.04. The standard InChI is InChI=1S/C18H18F3N7O2/c19-18(20,21)12-3-5-13(6-4-12)24-17(30)26-14-11-27(16(25-14)15(22)29)8-2-10-28-9-1-7-23-28/h1,3-7,9,11H,2,8,10H2,(H2,22,29)(H2,24,26,30). The van der Waals surface area contributed by atoms with Gasteiger partial charge in [-0.2, -0.15) is 18.3 Å².